The number of hydrogen-bond donors (Lipinski definition) is 1. The van der Waals surface area contributed by atoms with Gasteiger partial charge < -0.3 is 5.73 Å². The normalized spacial score (nSPS) is 25.8. The van der Waals surface area contributed by atoms with Crippen LogP contribution in [0.2, 0.25) is 0 Å². The molecule has 0 saturated carbocycles. The Morgan fingerprint density at radius 2 is 2.44 bits per heavy atom. The van der Waals surface area contributed by atoms with Crippen LogP contribution in [0.5, 0.6) is 0 Å². The van der Waals surface area contributed by atoms with Crippen LogP contribution in [0.25, 0.3) is 0 Å². The summed E-state index contributed by atoms with van der Waals surface area (Å²) in [5.41, 5.74) is 7.59. The van der Waals surface area contributed by atoms with Crippen molar-refractivity contribution >= 4 is 11.3 Å². The molecule has 2 heterocycles. The summed E-state index contributed by atoms with van der Waals surface area (Å²) in [6.07, 6.45) is 3.91. The van der Waals surface area contributed by atoms with Gasteiger partial charge in [0.2, 0.25) is 0 Å². The van der Waals surface area contributed by atoms with E-state index in [1.54, 1.807) is 11.3 Å². The molecule has 0 bridgehead atoms. The molecule has 1 aromatic rings. The first kappa shape index (κ1) is 12.1. The minimum absolute atomic E-state index is 0.210. The van der Waals surface area contributed by atoms with Crippen molar-refractivity contribution in [3.8, 4) is 0 Å². The number of hydrogen-bond acceptors (Lipinski definition) is 3. The SMILES string of the molecule is CCC1CCCN1C(c1ccsc1)C(C)N. The fraction of sp³-hybridized carbons (Fsp3) is 0.692. The average Bonchev–Trinajstić information content (AvgIpc) is 2.88. The van der Waals surface area contributed by atoms with E-state index in [9.17, 15) is 0 Å². The lowest BCUT2D eigenvalue weighted by atomic mass is 10.0. The Hall–Kier alpha value is -0.380. The second-order valence-corrected chi connectivity index (χ2v) is 5.58. The second kappa shape index (κ2) is 5.30. The Kier molecular flexibility index (Phi) is 4.00. The summed E-state index contributed by atoms with van der Waals surface area (Å²) in [4.78, 5) is 2.62. The van der Waals surface area contributed by atoms with Gasteiger partial charge in [-0.2, -0.15) is 11.3 Å². The van der Waals surface area contributed by atoms with Crippen LogP contribution < -0.4 is 5.73 Å². The summed E-state index contributed by atoms with van der Waals surface area (Å²) in [5.74, 6) is 0. The van der Waals surface area contributed by atoms with Crippen molar-refractivity contribution in [2.24, 2.45) is 5.73 Å². The lowest BCUT2D eigenvalue weighted by Gasteiger charge is -2.35. The molecule has 2 rings (SSSR count). The Labute approximate surface area is 102 Å². The molecule has 2 nitrogen and oxygen atoms in total. The third-order valence-corrected chi connectivity index (χ3v) is 4.34. The number of nitrogens with zero attached hydrogens (tertiary/aromatic N) is 1. The van der Waals surface area contributed by atoms with Gasteiger partial charge in [0.1, 0.15) is 0 Å². The van der Waals surface area contributed by atoms with Crippen LogP contribution in [0.15, 0.2) is 16.8 Å². The van der Waals surface area contributed by atoms with Crippen LogP contribution in [0.1, 0.15) is 44.7 Å². The number of nitrogens with two attached hydrogens (primary N) is 1. The maximum atomic E-state index is 6.19. The number of likely N-dealkylation sites (tertiary alicyclic amines) is 1. The van der Waals surface area contributed by atoms with Crippen molar-refractivity contribution in [3.63, 3.8) is 0 Å². The highest BCUT2D eigenvalue weighted by Gasteiger charge is 2.32. The standard InChI is InChI=1S/C13H22N2S/c1-3-12-5-4-7-15(12)13(10(2)14)11-6-8-16-9-11/h6,8-10,12-13H,3-5,7,14H2,1-2H3. The molecule has 0 aliphatic carbocycles. The van der Waals surface area contributed by atoms with Gasteiger partial charge in [-0.3, -0.25) is 4.90 Å². The van der Waals surface area contributed by atoms with Gasteiger partial charge in [-0.1, -0.05) is 6.92 Å². The summed E-state index contributed by atoms with van der Waals surface area (Å²) in [7, 11) is 0. The zero-order valence-electron chi connectivity index (χ0n) is 10.2. The van der Waals surface area contributed by atoms with E-state index in [2.05, 4.69) is 35.6 Å². The molecule has 90 valence electrons. The molecule has 3 heteroatoms. The maximum absolute atomic E-state index is 6.19. The van der Waals surface area contributed by atoms with Gasteiger partial charge in [0.15, 0.2) is 0 Å². The molecule has 1 fully saturated rings. The molecule has 16 heavy (non-hydrogen) atoms. The van der Waals surface area contributed by atoms with Crippen molar-refractivity contribution in [1.82, 2.24) is 4.90 Å². The van der Waals surface area contributed by atoms with E-state index < -0.39 is 0 Å². The third kappa shape index (κ3) is 2.31. The zero-order valence-corrected chi connectivity index (χ0v) is 11.0. The first-order chi connectivity index (χ1) is 7.74. The molecule has 3 atom stereocenters. The van der Waals surface area contributed by atoms with Gasteiger partial charge in [-0.25, -0.2) is 0 Å². The highest BCUT2D eigenvalue weighted by Crippen LogP contribution is 2.33. The lowest BCUT2D eigenvalue weighted by molar-refractivity contribution is 0.157. The molecule has 2 N–H and O–H groups in total. The van der Waals surface area contributed by atoms with Crippen LogP contribution in [0.4, 0.5) is 0 Å². The van der Waals surface area contributed by atoms with Crippen LogP contribution in [-0.2, 0) is 0 Å². The Bertz CT molecular complexity index is 308. The monoisotopic (exact) mass is 238 g/mol. The smallest absolute Gasteiger partial charge is 0.0507 e. The predicted molar refractivity (Wildman–Crippen MR) is 70.7 cm³/mol. The van der Waals surface area contributed by atoms with Gasteiger partial charge in [0, 0.05) is 12.1 Å². The Balaban J connectivity index is 2.19. The number of rotatable bonds is 4. The molecular formula is C13H22N2S. The summed E-state index contributed by atoms with van der Waals surface area (Å²) in [6, 6.07) is 3.58. The quantitative estimate of drug-likeness (QED) is 0.873. The Morgan fingerprint density at radius 3 is 3.00 bits per heavy atom. The minimum atomic E-state index is 0.210. The van der Waals surface area contributed by atoms with Crippen molar-refractivity contribution in [2.75, 3.05) is 6.54 Å². The highest BCUT2D eigenvalue weighted by molar-refractivity contribution is 7.07. The first-order valence-corrected chi connectivity index (χ1v) is 7.21. The first-order valence-electron chi connectivity index (χ1n) is 6.27. The summed E-state index contributed by atoms with van der Waals surface area (Å²) < 4.78 is 0. The molecule has 1 saturated heterocycles. The molecule has 1 aliphatic heterocycles. The van der Waals surface area contributed by atoms with E-state index in [4.69, 9.17) is 5.73 Å². The molecule has 0 radical (unpaired) electrons. The van der Waals surface area contributed by atoms with Crippen LogP contribution >= 0.6 is 11.3 Å². The third-order valence-electron chi connectivity index (χ3n) is 3.63. The van der Waals surface area contributed by atoms with Crippen LogP contribution in [0, 0.1) is 0 Å². The van der Waals surface area contributed by atoms with Gasteiger partial charge in [0.05, 0.1) is 6.04 Å². The van der Waals surface area contributed by atoms with Gasteiger partial charge in [-0.15, -0.1) is 0 Å². The van der Waals surface area contributed by atoms with Crippen LogP contribution in [0.3, 0.4) is 0 Å². The Morgan fingerprint density at radius 1 is 1.62 bits per heavy atom. The highest BCUT2D eigenvalue weighted by atomic mass is 32.1. The molecule has 1 aliphatic rings. The predicted octanol–water partition coefficient (Wildman–Crippen LogP) is 3.01. The van der Waals surface area contributed by atoms with E-state index >= 15 is 0 Å². The van der Waals surface area contributed by atoms with Crippen molar-refractivity contribution in [2.45, 2.75) is 51.2 Å². The summed E-state index contributed by atoms with van der Waals surface area (Å²) in [6.45, 7) is 5.63. The molecular weight excluding hydrogens is 216 g/mol. The summed E-state index contributed by atoms with van der Waals surface area (Å²) in [5, 5.41) is 4.40. The topological polar surface area (TPSA) is 29.3 Å². The van der Waals surface area contributed by atoms with Crippen molar-refractivity contribution in [1.29, 1.82) is 0 Å². The van der Waals surface area contributed by atoms with E-state index in [0.717, 1.165) is 6.04 Å². The van der Waals surface area contributed by atoms with Gasteiger partial charge in [0.25, 0.3) is 0 Å². The zero-order chi connectivity index (χ0) is 11.5. The lowest BCUT2D eigenvalue weighted by Crippen LogP contribution is -2.41. The fourth-order valence-electron chi connectivity index (χ4n) is 2.90. The van der Waals surface area contributed by atoms with Gasteiger partial charge >= 0.3 is 0 Å². The largest absolute Gasteiger partial charge is 0.326 e. The molecule has 0 aromatic carbocycles. The summed E-state index contributed by atoms with van der Waals surface area (Å²) >= 11 is 1.77. The number of thiophene rings is 1. The van der Waals surface area contributed by atoms with Gasteiger partial charge in [-0.05, 0) is 55.1 Å². The average molecular weight is 238 g/mol. The molecule has 0 spiro atoms. The van der Waals surface area contributed by atoms with E-state index in [1.807, 2.05) is 0 Å². The van der Waals surface area contributed by atoms with Crippen molar-refractivity contribution < 1.29 is 0 Å². The molecule has 3 unspecified atom stereocenters. The second-order valence-electron chi connectivity index (χ2n) is 4.80. The van der Waals surface area contributed by atoms with E-state index in [1.165, 1.54) is 31.4 Å². The van der Waals surface area contributed by atoms with Crippen LogP contribution in [-0.4, -0.2) is 23.5 Å². The molecule has 1 aromatic heterocycles. The molecule has 0 amide bonds. The minimum Gasteiger partial charge on any atom is -0.326 e. The van der Waals surface area contributed by atoms with Crippen molar-refractivity contribution in [3.05, 3.63) is 22.4 Å². The maximum Gasteiger partial charge on any atom is 0.0507 e. The fourth-order valence-corrected chi connectivity index (χ4v) is 3.59. The van der Waals surface area contributed by atoms with E-state index in [0.29, 0.717) is 6.04 Å². The van der Waals surface area contributed by atoms with E-state index in [-0.39, 0.29) is 6.04 Å².